The Morgan fingerprint density at radius 1 is 0.861 bits per heavy atom. The number of aliphatic hydroxyl groups is 1. The number of hydrogen-bond acceptors (Lipinski definition) is 12. The van der Waals surface area contributed by atoms with Gasteiger partial charge in [0.2, 0.25) is 35.4 Å². The van der Waals surface area contributed by atoms with Crippen LogP contribution in [0.4, 0.5) is 0 Å². The van der Waals surface area contributed by atoms with Crippen LogP contribution in [0.5, 0.6) is 5.75 Å². The number of amides is 8. The predicted octanol–water partition coefficient (Wildman–Crippen LogP) is 1.96. The maximum atomic E-state index is 15.0. The van der Waals surface area contributed by atoms with Gasteiger partial charge in [0.15, 0.2) is 0 Å². The molecule has 0 spiro atoms. The number of benzene rings is 2. The Balaban J connectivity index is 1.81. The Morgan fingerprint density at radius 2 is 1.49 bits per heavy atom. The Kier molecular flexibility index (Phi) is 21.3. The summed E-state index contributed by atoms with van der Waals surface area (Å²) in [6, 6.07) is 4.84. The molecule has 20 nitrogen and oxygen atoms in total. The van der Waals surface area contributed by atoms with Gasteiger partial charge in [-0.15, -0.1) is 0 Å². The number of allylic oxidation sites excluding steroid dienone is 1. The van der Waals surface area contributed by atoms with Gasteiger partial charge in [-0.3, -0.25) is 38.4 Å². The molecule has 10 atom stereocenters. The molecule has 0 saturated carbocycles. The zero-order chi connectivity index (χ0) is 53.6. The van der Waals surface area contributed by atoms with Gasteiger partial charge in [-0.1, -0.05) is 99.8 Å². The minimum atomic E-state index is -1.77. The molecule has 72 heavy (non-hydrogen) atoms. The summed E-state index contributed by atoms with van der Waals surface area (Å²) in [7, 11) is 1.36. The van der Waals surface area contributed by atoms with Gasteiger partial charge in [-0.2, -0.15) is 0 Å². The van der Waals surface area contributed by atoms with Crippen LogP contribution in [-0.2, 0) is 60.7 Å². The molecule has 8 amide bonds. The average Bonchev–Trinajstić information content (AvgIpc) is 3.34. The average molecular weight is 1020 g/mol. The molecule has 2 aromatic rings. The van der Waals surface area contributed by atoms with Crippen LogP contribution >= 0.6 is 11.6 Å². The van der Waals surface area contributed by atoms with Crippen molar-refractivity contribution in [2.75, 3.05) is 7.05 Å². The quantitative estimate of drug-likeness (QED) is 0.0997. The molecule has 2 aromatic carbocycles. The van der Waals surface area contributed by atoms with Crippen LogP contribution in [-0.4, -0.2) is 135 Å². The molecule has 2 aliphatic rings. The van der Waals surface area contributed by atoms with Crippen molar-refractivity contribution in [1.29, 1.82) is 0 Å². The maximum absolute atomic E-state index is 15.0. The number of likely N-dealkylation sites (N-methyl/N-ethyl adjacent to an activating group) is 1. The number of fused-ring (bicyclic) bond motifs is 2. The number of carbonyl (C=O) groups is 9. The predicted molar refractivity (Wildman–Crippen MR) is 266 cm³/mol. The SMILES string of the molecule is CC=C1NC(=O)C(NC(=O)C(NC(=O)C(C)NC(=O)CC(C)=CCl)C(C)CC)C(C)OC(=O)C(C(C)C)NC(=O)C(Cc2ccc(O)cc2)N(C)C(=O)C(Cc2ccccc2)N2C(=O)C(CCC2O)NC1=O. The van der Waals surface area contributed by atoms with Gasteiger partial charge in [-0.05, 0) is 75.6 Å². The molecule has 0 radical (unpaired) electrons. The minimum Gasteiger partial charge on any atom is -0.508 e. The minimum absolute atomic E-state index is 0.0564. The number of nitrogens with one attached hydrogen (secondary N) is 6. The fourth-order valence-corrected chi connectivity index (χ4v) is 8.32. The van der Waals surface area contributed by atoms with E-state index in [9.17, 15) is 53.4 Å². The standard InChI is InChI=1S/C51H69ClN8O12/c1-10-29(6)42(57-44(64)30(7)53-39(62)23-28(5)26-52)47(67)58-43-31(8)72-51(71)41(27(3)4)56-46(66)37(24-33-17-19-34(61)20-18-33)59(9)50(70)38(25-32-15-13-12-14-16-32)60-40(63)22-21-36(49(60)69)55-45(65)35(11-2)54-48(43)68/h11-20,26-27,29-31,36-38,40-43,61,63H,10,21-25H2,1-9H3,(H,53,62)(H,54,68)(H,55,65)(H,56,66)(H,57,64)(H,58,67). The maximum Gasteiger partial charge on any atom is 0.329 e. The zero-order valence-electron chi connectivity index (χ0n) is 42.2. The highest BCUT2D eigenvalue weighted by Gasteiger charge is 2.45. The van der Waals surface area contributed by atoms with E-state index >= 15 is 0 Å². The summed E-state index contributed by atoms with van der Waals surface area (Å²) in [5.41, 5.74) is 2.51. The van der Waals surface area contributed by atoms with Crippen molar-refractivity contribution in [2.24, 2.45) is 11.8 Å². The first-order valence-corrected chi connectivity index (χ1v) is 24.5. The lowest BCUT2D eigenvalue weighted by atomic mass is 9.95. The number of phenolic OH excluding ortho intramolecular Hbond substituents is 1. The van der Waals surface area contributed by atoms with Gasteiger partial charge in [0.1, 0.15) is 66.1 Å². The van der Waals surface area contributed by atoms with Crippen molar-refractivity contribution in [2.45, 2.75) is 149 Å². The van der Waals surface area contributed by atoms with E-state index in [1.165, 1.54) is 51.6 Å². The topological polar surface area (TPSA) is 282 Å². The smallest absolute Gasteiger partial charge is 0.329 e. The second-order valence-corrected chi connectivity index (χ2v) is 18.9. The van der Waals surface area contributed by atoms with E-state index in [2.05, 4.69) is 31.9 Å². The molecule has 2 fully saturated rings. The molecule has 2 aliphatic heterocycles. The number of carbonyl (C=O) groups excluding carboxylic acids is 9. The van der Waals surface area contributed by atoms with Gasteiger partial charge in [0, 0.05) is 31.8 Å². The number of aromatic hydroxyl groups is 1. The fourth-order valence-electron chi connectivity index (χ4n) is 8.24. The Labute approximate surface area is 425 Å². The van der Waals surface area contributed by atoms with E-state index in [0.29, 0.717) is 23.1 Å². The summed E-state index contributed by atoms with van der Waals surface area (Å²) in [6.45, 7) is 12.5. The number of esters is 1. The van der Waals surface area contributed by atoms with Crippen LogP contribution in [0.1, 0.15) is 92.2 Å². The normalized spacial score (nSPS) is 24.9. The summed E-state index contributed by atoms with van der Waals surface area (Å²) in [6.07, 6.45) is -1.94. The van der Waals surface area contributed by atoms with Crippen LogP contribution in [0.15, 0.2) is 77.5 Å². The van der Waals surface area contributed by atoms with Crippen molar-refractivity contribution >= 4 is 64.8 Å². The lowest BCUT2D eigenvalue weighted by Gasteiger charge is -2.43. The number of rotatable bonds is 14. The lowest BCUT2D eigenvalue weighted by Crippen LogP contribution is -2.64. The number of aliphatic hydroxyl groups excluding tert-OH is 1. The largest absolute Gasteiger partial charge is 0.508 e. The van der Waals surface area contributed by atoms with Gasteiger partial charge in [0.05, 0.1) is 0 Å². The lowest BCUT2D eigenvalue weighted by molar-refractivity contribution is -0.165. The molecule has 392 valence electrons. The molecule has 2 saturated heterocycles. The van der Waals surface area contributed by atoms with Crippen LogP contribution in [0.2, 0.25) is 0 Å². The first kappa shape index (κ1) is 57.8. The number of nitrogens with zero attached hydrogens (tertiary/aromatic N) is 2. The summed E-state index contributed by atoms with van der Waals surface area (Å²) in [5.74, 6) is -8.84. The molecular weight excluding hydrogens is 952 g/mol. The molecule has 2 heterocycles. The van der Waals surface area contributed by atoms with Crippen LogP contribution in [0.3, 0.4) is 0 Å². The first-order valence-electron chi connectivity index (χ1n) is 24.0. The van der Waals surface area contributed by atoms with E-state index in [1.54, 1.807) is 77.1 Å². The second kappa shape index (κ2) is 26.6. The van der Waals surface area contributed by atoms with E-state index in [4.69, 9.17) is 16.3 Å². The zero-order valence-corrected chi connectivity index (χ0v) is 42.9. The van der Waals surface area contributed by atoms with Crippen LogP contribution in [0, 0.1) is 11.8 Å². The highest BCUT2D eigenvalue weighted by Crippen LogP contribution is 2.26. The number of phenols is 1. The van der Waals surface area contributed by atoms with Gasteiger partial charge < -0.3 is 56.7 Å². The molecular formula is C51H69ClN8O12. The number of cyclic esters (lactones) is 1. The van der Waals surface area contributed by atoms with Gasteiger partial charge >= 0.3 is 5.97 Å². The van der Waals surface area contributed by atoms with E-state index < -0.39 is 120 Å². The molecule has 0 aromatic heterocycles. The molecule has 10 unspecified atom stereocenters. The molecule has 2 bridgehead atoms. The number of ether oxygens (including phenoxy) is 1. The summed E-state index contributed by atoms with van der Waals surface area (Å²) < 4.78 is 5.88. The Morgan fingerprint density at radius 3 is 2.08 bits per heavy atom. The monoisotopic (exact) mass is 1020 g/mol. The van der Waals surface area contributed by atoms with Crippen molar-refractivity contribution in [3.63, 3.8) is 0 Å². The van der Waals surface area contributed by atoms with Crippen molar-refractivity contribution in [3.8, 4) is 5.75 Å². The molecule has 21 heteroatoms. The van der Waals surface area contributed by atoms with Crippen LogP contribution in [0.25, 0.3) is 0 Å². The Bertz CT molecular complexity index is 2360. The summed E-state index contributed by atoms with van der Waals surface area (Å²) >= 11 is 5.70. The second-order valence-electron chi connectivity index (χ2n) is 18.7. The van der Waals surface area contributed by atoms with E-state index in [-0.39, 0.29) is 43.6 Å². The van der Waals surface area contributed by atoms with Gasteiger partial charge in [0.25, 0.3) is 11.8 Å². The van der Waals surface area contributed by atoms with E-state index in [0.717, 1.165) is 9.80 Å². The third kappa shape index (κ3) is 15.4. The van der Waals surface area contributed by atoms with Crippen molar-refractivity contribution in [3.05, 3.63) is 88.6 Å². The Hall–Kier alpha value is -6.80. The van der Waals surface area contributed by atoms with Crippen molar-refractivity contribution in [1.82, 2.24) is 41.7 Å². The molecule has 8 N–H and O–H groups in total. The van der Waals surface area contributed by atoms with Crippen molar-refractivity contribution < 1.29 is 58.1 Å². The number of hydrogen-bond donors (Lipinski definition) is 8. The van der Waals surface area contributed by atoms with Crippen LogP contribution < -0.4 is 31.9 Å². The fraction of sp³-hybridized carbons (Fsp3) is 0.510. The molecule has 0 aliphatic carbocycles. The third-order valence-corrected chi connectivity index (χ3v) is 13.2. The molecule has 4 rings (SSSR count). The van der Waals surface area contributed by atoms with E-state index in [1.807, 2.05) is 0 Å². The first-order chi connectivity index (χ1) is 34.0. The number of halogens is 1. The third-order valence-electron chi connectivity index (χ3n) is 12.8. The summed E-state index contributed by atoms with van der Waals surface area (Å²) in [5, 5.41) is 37.2. The highest BCUT2D eigenvalue weighted by molar-refractivity contribution is 6.25. The highest BCUT2D eigenvalue weighted by atomic mass is 35.5. The summed E-state index contributed by atoms with van der Waals surface area (Å²) in [4.78, 5) is 129. The van der Waals surface area contributed by atoms with Gasteiger partial charge in [-0.25, -0.2) is 4.79 Å². The number of piperidine rings is 1.